The van der Waals surface area contributed by atoms with Crippen molar-refractivity contribution in [3.63, 3.8) is 0 Å². The van der Waals surface area contributed by atoms with Gasteiger partial charge >= 0.3 is 0 Å². The smallest absolute Gasteiger partial charge is 0.0782 e. The molecule has 318 valence electrons. The van der Waals surface area contributed by atoms with E-state index in [4.69, 9.17) is 0 Å². The summed E-state index contributed by atoms with van der Waals surface area (Å²) in [5.74, 6) is 0. The summed E-state index contributed by atoms with van der Waals surface area (Å²) in [6.45, 7) is 0. The number of aromatic nitrogens is 1. The van der Waals surface area contributed by atoms with Gasteiger partial charge in [-0.15, -0.1) is 0 Å². The maximum atomic E-state index is 2.47. The highest BCUT2D eigenvalue weighted by molar-refractivity contribution is 6.22. The van der Waals surface area contributed by atoms with Crippen LogP contribution in [0.15, 0.2) is 267 Å². The molecule has 0 unspecified atom stereocenters. The van der Waals surface area contributed by atoms with Crippen LogP contribution in [0.1, 0.15) is 0 Å². The Labute approximate surface area is 395 Å². The largest absolute Gasteiger partial charge is 0.308 e. The number of hydrogen-bond donors (Lipinski definition) is 0. The van der Waals surface area contributed by atoms with Crippen LogP contribution in [-0.4, -0.2) is 4.57 Å². The van der Waals surface area contributed by atoms with E-state index in [0.717, 1.165) is 39.4 Å². The number of benzene rings is 12. The number of anilines is 3. The highest BCUT2D eigenvalue weighted by Gasteiger charge is 2.24. The minimum absolute atomic E-state index is 1.07. The van der Waals surface area contributed by atoms with Crippen LogP contribution >= 0.6 is 0 Å². The Morgan fingerprint density at radius 1 is 0.279 bits per heavy atom. The molecule has 0 atom stereocenters. The van der Waals surface area contributed by atoms with Gasteiger partial charge in [-0.25, -0.2) is 0 Å². The van der Waals surface area contributed by atoms with Crippen molar-refractivity contribution in [3.8, 4) is 50.2 Å². The molecule has 0 saturated heterocycles. The van der Waals surface area contributed by atoms with Crippen LogP contribution in [0.5, 0.6) is 0 Å². The van der Waals surface area contributed by atoms with Gasteiger partial charge in [-0.2, -0.15) is 0 Å². The lowest BCUT2D eigenvalue weighted by Gasteiger charge is -2.29. The van der Waals surface area contributed by atoms with E-state index >= 15 is 0 Å². The predicted molar refractivity (Wildman–Crippen MR) is 290 cm³/mol. The molecule has 0 radical (unpaired) electrons. The summed E-state index contributed by atoms with van der Waals surface area (Å²) < 4.78 is 2.46. The van der Waals surface area contributed by atoms with Crippen molar-refractivity contribution in [1.29, 1.82) is 0 Å². The zero-order chi connectivity index (χ0) is 45.0. The third-order valence-corrected chi connectivity index (χ3v) is 13.7. The van der Waals surface area contributed by atoms with E-state index in [1.54, 1.807) is 0 Å². The van der Waals surface area contributed by atoms with Gasteiger partial charge in [0.25, 0.3) is 0 Å². The Balaban J connectivity index is 1.03. The molecule has 12 aromatic carbocycles. The molecule has 0 amide bonds. The van der Waals surface area contributed by atoms with Crippen LogP contribution in [0.4, 0.5) is 17.1 Å². The van der Waals surface area contributed by atoms with Crippen LogP contribution in [0.3, 0.4) is 0 Å². The molecular weight excluding hydrogens is 821 g/mol. The molecule has 0 spiro atoms. The van der Waals surface area contributed by atoms with Crippen molar-refractivity contribution < 1.29 is 0 Å². The maximum Gasteiger partial charge on any atom is 0.0782 e. The summed E-state index contributed by atoms with van der Waals surface area (Å²) >= 11 is 0. The molecule has 68 heavy (non-hydrogen) atoms. The number of fused-ring (bicyclic) bond motifs is 7. The summed E-state index contributed by atoms with van der Waals surface area (Å²) in [6, 6.07) is 97.6. The predicted octanol–water partition coefficient (Wildman–Crippen LogP) is 18.4. The Kier molecular flexibility index (Phi) is 9.54. The molecule has 13 aromatic rings. The fourth-order valence-corrected chi connectivity index (χ4v) is 10.7. The molecule has 0 aliphatic rings. The van der Waals surface area contributed by atoms with Crippen LogP contribution in [0.2, 0.25) is 0 Å². The number of rotatable bonds is 8. The third-order valence-electron chi connectivity index (χ3n) is 13.7. The number of para-hydroxylation sites is 3. The van der Waals surface area contributed by atoms with Gasteiger partial charge in [-0.3, -0.25) is 0 Å². The van der Waals surface area contributed by atoms with Gasteiger partial charge in [0.15, 0.2) is 0 Å². The van der Waals surface area contributed by atoms with Gasteiger partial charge < -0.3 is 9.47 Å². The molecule has 1 heterocycles. The lowest BCUT2D eigenvalue weighted by atomic mass is 9.84. The molecular formula is C66H44N2. The Bertz CT molecular complexity index is 4000. The zero-order valence-electron chi connectivity index (χ0n) is 37.3. The lowest BCUT2D eigenvalue weighted by molar-refractivity contribution is 1.17. The van der Waals surface area contributed by atoms with E-state index in [2.05, 4.69) is 276 Å². The van der Waals surface area contributed by atoms with Crippen LogP contribution in [-0.2, 0) is 0 Å². The van der Waals surface area contributed by atoms with E-state index in [-0.39, 0.29) is 0 Å². The first kappa shape index (κ1) is 39.4. The van der Waals surface area contributed by atoms with Gasteiger partial charge in [0, 0.05) is 27.7 Å². The summed E-state index contributed by atoms with van der Waals surface area (Å²) in [6.07, 6.45) is 0. The summed E-state index contributed by atoms with van der Waals surface area (Å²) in [5.41, 5.74) is 16.3. The van der Waals surface area contributed by atoms with E-state index < -0.39 is 0 Å². The first-order chi connectivity index (χ1) is 33.8. The standard InChI is InChI=1S/C66H44N2/c1-4-20-47(21-5-1)54-27-14-16-32-61(54)67(63-34-18-31-59-57-29-15-17-33-62(57)68(66(59)63)53-41-37-45-19-10-11-26-50(45)43-53)52-39-35-46(36-40-52)51-38-42-56-55-28-12-13-30-58(55)64(48-22-6-2-7-23-48)65(60(56)44-51)49-24-8-3-9-25-49/h1-44H. The third kappa shape index (κ3) is 6.57. The highest BCUT2D eigenvalue weighted by atomic mass is 15.2. The maximum absolute atomic E-state index is 2.47. The van der Waals surface area contributed by atoms with Gasteiger partial charge in [-0.05, 0) is 120 Å². The van der Waals surface area contributed by atoms with Gasteiger partial charge in [0.2, 0.25) is 0 Å². The minimum Gasteiger partial charge on any atom is -0.308 e. The minimum atomic E-state index is 1.07. The number of hydrogen-bond acceptors (Lipinski definition) is 1. The van der Waals surface area contributed by atoms with E-state index in [1.165, 1.54) is 82.0 Å². The van der Waals surface area contributed by atoms with Crippen LogP contribution in [0.25, 0.3) is 104 Å². The van der Waals surface area contributed by atoms with Crippen LogP contribution < -0.4 is 4.90 Å². The van der Waals surface area contributed by atoms with Crippen molar-refractivity contribution in [1.82, 2.24) is 4.57 Å². The zero-order valence-corrected chi connectivity index (χ0v) is 37.3. The summed E-state index contributed by atoms with van der Waals surface area (Å²) in [5, 5.41) is 9.86. The monoisotopic (exact) mass is 864 g/mol. The second kappa shape index (κ2) is 16.5. The first-order valence-corrected chi connectivity index (χ1v) is 23.4. The Morgan fingerprint density at radius 3 is 1.57 bits per heavy atom. The lowest BCUT2D eigenvalue weighted by Crippen LogP contribution is -2.13. The van der Waals surface area contributed by atoms with E-state index in [0.29, 0.717) is 0 Å². The average Bonchev–Trinajstić information content (AvgIpc) is 3.76. The van der Waals surface area contributed by atoms with Gasteiger partial charge in [0.1, 0.15) is 0 Å². The fraction of sp³-hybridized carbons (Fsp3) is 0. The SMILES string of the molecule is c1ccc(-c2ccccc2N(c2ccc(-c3ccc4c(c3)c(-c3ccccc3)c(-c3ccccc3)c3ccccc34)cc2)c2cccc3c4ccccc4n(-c4ccc5ccccc5c4)c23)cc1. The second-order valence-electron chi connectivity index (χ2n) is 17.6. The van der Waals surface area contributed by atoms with Crippen LogP contribution in [0, 0.1) is 0 Å². The van der Waals surface area contributed by atoms with Crippen molar-refractivity contribution in [2.45, 2.75) is 0 Å². The Morgan fingerprint density at radius 2 is 0.824 bits per heavy atom. The van der Waals surface area contributed by atoms with Crippen molar-refractivity contribution in [3.05, 3.63) is 267 Å². The molecule has 0 bridgehead atoms. The summed E-state index contributed by atoms with van der Waals surface area (Å²) in [7, 11) is 0. The topological polar surface area (TPSA) is 8.17 Å². The van der Waals surface area contributed by atoms with Gasteiger partial charge in [0.05, 0.1) is 22.4 Å². The van der Waals surface area contributed by atoms with Gasteiger partial charge in [-0.1, -0.05) is 218 Å². The molecule has 13 rings (SSSR count). The molecule has 2 nitrogen and oxygen atoms in total. The molecule has 1 aromatic heterocycles. The first-order valence-electron chi connectivity index (χ1n) is 23.4. The number of nitrogens with zero attached hydrogens (tertiary/aromatic N) is 2. The van der Waals surface area contributed by atoms with E-state index in [9.17, 15) is 0 Å². The Hall–Kier alpha value is -8.98. The van der Waals surface area contributed by atoms with Crippen molar-refractivity contribution in [2.75, 3.05) is 4.90 Å². The van der Waals surface area contributed by atoms with Crippen molar-refractivity contribution >= 4 is 71.2 Å². The quantitative estimate of drug-likeness (QED) is 0.138. The second-order valence-corrected chi connectivity index (χ2v) is 17.6. The fourth-order valence-electron chi connectivity index (χ4n) is 10.7. The highest BCUT2D eigenvalue weighted by Crippen LogP contribution is 2.48. The molecule has 0 N–H and O–H groups in total. The molecule has 0 aliphatic carbocycles. The van der Waals surface area contributed by atoms with Crippen molar-refractivity contribution in [2.24, 2.45) is 0 Å². The molecule has 0 fully saturated rings. The molecule has 2 heteroatoms. The normalized spacial score (nSPS) is 11.5. The average molecular weight is 865 g/mol. The summed E-state index contributed by atoms with van der Waals surface area (Å²) in [4.78, 5) is 2.47. The van der Waals surface area contributed by atoms with E-state index in [1.807, 2.05) is 0 Å². The molecule has 0 aliphatic heterocycles. The molecule has 0 saturated carbocycles.